The van der Waals surface area contributed by atoms with Gasteiger partial charge in [0.25, 0.3) is 0 Å². The fourth-order valence-corrected chi connectivity index (χ4v) is 4.25. The van der Waals surface area contributed by atoms with Gasteiger partial charge in [0.2, 0.25) is 0 Å². The molecule has 0 unspecified atom stereocenters. The summed E-state index contributed by atoms with van der Waals surface area (Å²) < 4.78 is 15.1. The minimum Gasteiger partial charge on any atom is -0.490 e. The number of hydrogen-bond donors (Lipinski definition) is 0. The summed E-state index contributed by atoms with van der Waals surface area (Å²) in [6, 6.07) is 11.6. The van der Waals surface area contributed by atoms with Crippen LogP contribution in [0.5, 0.6) is 11.5 Å². The van der Waals surface area contributed by atoms with Crippen LogP contribution in [0.1, 0.15) is 0 Å². The van der Waals surface area contributed by atoms with Crippen molar-refractivity contribution in [2.24, 2.45) is 0 Å². The summed E-state index contributed by atoms with van der Waals surface area (Å²) >= 11 is 13.8. The molecule has 0 amide bonds. The van der Waals surface area contributed by atoms with Crippen LogP contribution in [0.4, 0.5) is 0 Å². The van der Waals surface area contributed by atoms with Crippen molar-refractivity contribution in [2.45, 2.75) is 0 Å². The second-order valence-corrected chi connectivity index (χ2v) is 7.39. The van der Waals surface area contributed by atoms with E-state index in [2.05, 4.69) is 63.7 Å². The Balaban J connectivity index is 1.86. The van der Waals surface area contributed by atoms with Crippen LogP contribution in [0.2, 0.25) is 0 Å². The largest absolute Gasteiger partial charge is 0.490 e. The van der Waals surface area contributed by atoms with Gasteiger partial charge in [0, 0.05) is 8.95 Å². The standard InChI is InChI=1S/C14H10Br4O2/c15-9-1-3-11(4-2-9)19-5-6-20-14-12(17)7-10(16)8-13(14)18/h1-4,7-8H,5-6H2. The van der Waals surface area contributed by atoms with Crippen molar-refractivity contribution in [3.05, 3.63) is 54.3 Å². The molecule has 2 nitrogen and oxygen atoms in total. The molecule has 0 spiro atoms. The molecular weight excluding hydrogens is 520 g/mol. The lowest BCUT2D eigenvalue weighted by Gasteiger charge is -2.11. The fraction of sp³-hybridized carbons (Fsp3) is 0.143. The number of hydrogen-bond acceptors (Lipinski definition) is 2. The number of benzene rings is 2. The van der Waals surface area contributed by atoms with Crippen molar-refractivity contribution >= 4 is 63.7 Å². The Morgan fingerprint density at radius 3 is 1.85 bits per heavy atom. The predicted octanol–water partition coefficient (Wildman–Crippen LogP) is 6.19. The van der Waals surface area contributed by atoms with Crippen LogP contribution in [-0.2, 0) is 0 Å². The van der Waals surface area contributed by atoms with E-state index in [0.29, 0.717) is 13.2 Å². The van der Waals surface area contributed by atoms with Crippen molar-refractivity contribution in [2.75, 3.05) is 13.2 Å². The summed E-state index contributed by atoms with van der Waals surface area (Å²) in [5.74, 6) is 1.60. The normalized spacial score (nSPS) is 10.4. The Morgan fingerprint density at radius 1 is 0.700 bits per heavy atom. The van der Waals surface area contributed by atoms with Gasteiger partial charge in [0.1, 0.15) is 24.7 Å². The maximum absolute atomic E-state index is 5.72. The van der Waals surface area contributed by atoms with Gasteiger partial charge in [0.05, 0.1) is 8.95 Å². The van der Waals surface area contributed by atoms with E-state index in [-0.39, 0.29) is 0 Å². The Labute approximate surface area is 151 Å². The molecule has 0 aromatic heterocycles. The van der Waals surface area contributed by atoms with Gasteiger partial charge in [0.15, 0.2) is 0 Å². The van der Waals surface area contributed by atoms with Crippen LogP contribution in [0.3, 0.4) is 0 Å². The number of ether oxygens (including phenoxy) is 2. The molecule has 2 aromatic rings. The van der Waals surface area contributed by atoms with Crippen LogP contribution in [0.15, 0.2) is 54.3 Å². The molecule has 2 aromatic carbocycles. The van der Waals surface area contributed by atoms with E-state index >= 15 is 0 Å². The molecule has 2 rings (SSSR count). The first kappa shape index (κ1) is 16.3. The molecular formula is C14H10Br4O2. The van der Waals surface area contributed by atoms with E-state index < -0.39 is 0 Å². The summed E-state index contributed by atoms with van der Waals surface area (Å²) in [6.07, 6.45) is 0. The van der Waals surface area contributed by atoms with Gasteiger partial charge >= 0.3 is 0 Å². The van der Waals surface area contributed by atoms with Crippen molar-refractivity contribution in [1.29, 1.82) is 0 Å². The molecule has 0 saturated heterocycles. The number of halogens is 4. The molecule has 0 aliphatic heterocycles. The van der Waals surface area contributed by atoms with Gasteiger partial charge in [-0.2, -0.15) is 0 Å². The molecule has 20 heavy (non-hydrogen) atoms. The van der Waals surface area contributed by atoms with Crippen molar-refractivity contribution in [3.8, 4) is 11.5 Å². The average Bonchev–Trinajstić information content (AvgIpc) is 2.39. The van der Waals surface area contributed by atoms with Crippen LogP contribution < -0.4 is 9.47 Å². The van der Waals surface area contributed by atoms with Gasteiger partial charge in [-0.05, 0) is 68.3 Å². The maximum atomic E-state index is 5.72. The van der Waals surface area contributed by atoms with Crippen LogP contribution >= 0.6 is 63.7 Å². The fourth-order valence-electron chi connectivity index (χ4n) is 1.50. The van der Waals surface area contributed by atoms with E-state index in [0.717, 1.165) is 29.4 Å². The van der Waals surface area contributed by atoms with Crippen molar-refractivity contribution in [3.63, 3.8) is 0 Å². The first-order chi connectivity index (χ1) is 9.56. The maximum Gasteiger partial charge on any atom is 0.147 e. The second-order valence-electron chi connectivity index (χ2n) is 3.85. The van der Waals surface area contributed by atoms with Crippen LogP contribution in [0, 0.1) is 0 Å². The summed E-state index contributed by atoms with van der Waals surface area (Å²) in [5, 5.41) is 0. The molecule has 0 bridgehead atoms. The van der Waals surface area contributed by atoms with Crippen molar-refractivity contribution in [1.82, 2.24) is 0 Å². The molecule has 0 atom stereocenters. The quantitative estimate of drug-likeness (QED) is 0.430. The highest BCUT2D eigenvalue weighted by Gasteiger charge is 2.08. The van der Waals surface area contributed by atoms with E-state index in [4.69, 9.17) is 9.47 Å². The van der Waals surface area contributed by atoms with E-state index in [9.17, 15) is 0 Å². The predicted molar refractivity (Wildman–Crippen MR) is 94.7 cm³/mol. The van der Waals surface area contributed by atoms with Gasteiger partial charge < -0.3 is 9.47 Å². The first-order valence-electron chi connectivity index (χ1n) is 5.72. The Hall–Kier alpha value is -0.0400. The zero-order chi connectivity index (χ0) is 14.5. The molecule has 0 aliphatic carbocycles. The minimum absolute atomic E-state index is 0.467. The monoisotopic (exact) mass is 526 g/mol. The lowest BCUT2D eigenvalue weighted by Crippen LogP contribution is -2.09. The summed E-state index contributed by atoms with van der Waals surface area (Å²) in [4.78, 5) is 0. The van der Waals surface area contributed by atoms with Gasteiger partial charge in [-0.1, -0.05) is 31.9 Å². The molecule has 0 radical (unpaired) electrons. The van der Waals surface area contributed by atoms with Crippen LogP contribution in [-0.4, -0.2) is 13.2 Å². The highest BCUT2D eigenvalue weighted by atomic mass is 79.9. The topological polar surface area (TPSA) is 18.5 Å². The van der Waals surface area contributed by atoms with Crippen LogP contribution in [0.25, 0.3) is 0 Å². The molecule has 6 heteroatoms. The van der Waals surface area contributed by atoms with Gasteiger partial charge in [-0.15, -0.1) is 0 Å². The molecule has 0 aliphatic rings. The minimum atomic E-state index is 0.467. The summed E-state index contributed by atoms with van der Waals surface area (Å²) in [7, 11) is 0. The summed E-state index contributed by atoms with van der Waals surface area (Å²) in [5.41, 5.74) is 0. The lowest BCUT2D eigenvalue weighted by molar-refractivity contribution is 0.215. The van der Waals surface area contributed by atoms with Gasteiger partial charge in [-0.25, -0.2) is 0 Å². The molecule has 0 fully saturated rings. The molecule has 0 saturated carbocycles. The third-order valence-corrected chi connectivity index (χ3v) is 4.54. The second kappa shape index (κ2) is 7.82. The molecule has 106 valence electrons. The van der Waals surface area contributed by atoms with E-state index in [1.807, 2.05) is 36.4 Å². The SMILES string of the molecule is Brc1ccc(OCCOc2c(Br)cc(Br)cc2Br)cc1. The van der Waals surface area contributed by atoms with Gasteiger partial charge in [-0.3, -0.25) is 0 Å². The zero-order valence-corrected chi connectivity index (χ0v) is 16.6. The zero-order valence-electron chi connectivity index (χ0n) is 10.2. The van der Waals surface area contributed by atoms with Crippen molar-refractivity contribution < 1.29 is 9.47 Å². The summed E-state index contributed by atoms with van der Waals surface area (Å²) in [6.45, 7) is 0.950. The number of rotatable bonds is 5. The first-order valence-corrected chi connectivity index (χ1v) is 8.89. The lowest BCUT2D eigenvalue weighted by atomic mass is 10.3. The Morgan fingerprint density at radius 2 is 1.25 bits per heavy atom. The molecule has 0 N–H and O–H groups in total. The Bertz CT molecular complexity index is 561. The highest BCUT2D eigenvalue weighted by Crippen LogP contribution is 2.36. The Kier molecular flexibility index (Phi) is 6.39. The van der Waals surface area contributed by atoms with E-state index in [1.165, 1.54) is 0 Å². The smallest absolute Gasteiger partial charge is 0.147 e. The highest BCUT2D eigenvalue weighted by molar-refractivity contribution is 9.11. The molecule has 0 heterocycles. The van der Waals surface area contributed by atoms with E-state index in [1.54, 1.807) is 0 Å². The third-order valence-electron chi connectivity index (χ3n) is 2.38. The third kappa shape index (κ3) is 4.76. The average molecular weight is 530 g/mol.